The van der Waals surface area contributed by atoms with Gasteiger partial charge in [0.1, 0.15) is 0 Å². The zero-order valence-corrected chi connectivity index (χ0v) is 9.52. The number of pyridine rings is 1. The summed E-state index contributed by atoms with van der Waals surface area (Å²) in [5.74, 6) is -0.0337. The van der Waals surface area contributed by atoms with Crippen LogP contribution in [0.15, 0.2) is 29.6 Å². The minimum Gasteiger partial charge on any atom is -0.273 e. The van der Waals surface area contributed by atoms with Crippen LogP contribution in [0.3, 0.4) is 0 Å². The van der Waals surface area contributed by atoms with Crippen molar-refractivity contribution >= 4 is 12.1 Å². The van der Waals surface area contributed by atoms with Crippen LogP contribution in [-0.4, -0.2) is 17.1 Å². The van der Waals surface area contributed by atoms with E-state index < -0.39 is 0 Å². The summed E-state index contributed by atoms with van der Waals surface area (Å²) in [7, 11) is 0. The van der Waals surface area contributed by atoms with Crippen molar-refractivity contribution in [2.24, 2.45) is 5.10 Å². The highest BCUT2D eigenvalue weighted by molar-refractivity contribution is 5.81. The summed E-state index contributed by atoms with van der Waals surface area (Å²) in [6.45, 7) is 2.11. The van der Waals surface area contributed by atoms with E-state index in [4.69, 9.17) is 0 Å². The molecule has 0 fully saturated rings. The van der Waals surface area contributed by atoms with Crippen LogP contribution < -0.4 is 5.43 Å². The molecule has 0 unspecified atom stereocenters. The third-order valence-corrected chi connectivity index (χ3v) is 2.09. The van der Waals surface area contributed by atoms with Gasteiger partial charge in [-0.05, 0) is 12.5 Å². The third kappa shape index (κ3) is 5.24. The van der Waals surface area contributed by atoms with Gasteiger partial charge in [-0.25, -0.2) is 5.43 Å². The Hall–Kier alpha value is -1.71. The number of carbonyl (C=O) groups is 1. The van der Waals surface area contributed by atoms with Crippen molar-refractivity contribution in [1.29, 1.82) is 0 Å². The first-order valence-corrected chi connectivity index (χ1v) is 5.55. The highest BCUT2D eigenvalue weighted by Crippen LogP contribution is 1.98. The Morgan fingerprint density at radius 2 is 2.44 bits per heavy atom. The molecule has 0 atom stereocenters. The highest BCUT2D eigenvalue weighted by atomic mass is 16.2. The van der Waals surface area contributed by atoms with Crippen molar-refractivity contribution in [3.63, 3.8) is 0 Å². The van der Waals surface area contributed by atoms with Gasteiger partial charge in [0.15, 0.2) is 0 Å². The van der Waals surface area contributed by atoms with E-state index in [0.717, 1.165) is 24.8 Å². The molecule has 1 rings (SSSR count). The molecule has 16 heavy (non-hydrogen) atoms. The van der Waals surface area contributed by atoms with E-state index in [1.54, 1.807) is 18.6 Å². The van der Waals surface area contributed by atoms with Gasteiger partial charge in [0.2, 0.25) is 5.91 Å². The van der Waals surface area contributed by atoms with Crippen molar-refractivity contribution in [3.8, 4) is 0 Å². The Balaban J connectivity index is 2.24. The Kier molecular flexibility index (Phi) is 5.84. The van der Waals surface area contributed by atoms with Gasteiger partial charge in [0.25, 0.3) is 0 Å². The lowest BCUT2D eigenvalue weighted by atomic mass is 10.2. The maximum atomic E-state index is 11.3. The molecule has 1 amide bonds. The summed E-state index contributed by atoms with van der Waals surface area (Å²) >= 11 is 0. The first-order valence-electron chi connectivity index (χ1n) is 5.55. The Labute approximate surface area is 95.8 Å². The molecule has 4 nitrogen and oxygen atoms in total. The molecule has 0 saturated carbocycles. The second kappa shape index (κ2) is 7.56. The van der Waals surface area contributed by atoms with E-state index in [0.29, 0.717) is 6.42 Å². The summed E-state index contributed by atoms with van der Waals surface area (Å²) in [5.41, 5.74) is 3.36. The quantitative estimate of drug-likeness (QED) is 0.452. The van der Waals surface area contributed by atoms with Gasteiger partial charge in [-0.1, -0.05) is 25.8 Å². The van der Waals surface area contributed by atoms with Crippen molar-refractivity contribution in [2.75, 3.05) is 0 Å². The van der Waals surface area contributed by atoms with Gasteiger partial charge in [0.05, 0.1) is 6.21 Å². The van der Waals surface area contributed by atoms with E-state index in [2.05, 4.69) is 22.4 Å². The number of unbranched alkanes of at least 4 members (excludes halogenated alkanes) is 2. The lowest BCUT2D eigenvalue weighted by molar-refractivity contribution is -0.121. The van der Waals surface area contributed by atoms with E-state index in [1.807, 2.05) is 12.1 Å². The third-order valence-electron chi connectivity index (χ3n) is 2.09. The lowest BCUT2D eigenvalue weighted by Gasteiger charge is -1.98. The van der Waals surface area contributed by atoms with Crippen molar-refractivity contribution < 1.29 is 4.79 Å². The number of rotatable bonds is 6. The fourth-order valence-electron chi connectivity index (χ4n) is 1.22. The van der Waals surface area contributed by atoms with E-state index in [-0.39, 0.29) is 5.91 Å². The molecule has 1 heterocycles. The summed E-state index contributed by atoms with van der Waals surface area (Å²) < 4.78 is 0. The van der Waals surface area contributed by atoms with Crippen LogP contribution in [-0.2, 0) is 4.79 Å². The molecule has 0 aliphatic heterocycles. The van der Waals surface area contributed by atoms with Gasteiger partial charge in [-0.3, -0.25) is 9.78 Å². The standard InChI is InChI=1S/C12H17N3O/c1-2-3-4-7-12(16)15-14-10-11-6-5-8-13-9-11/h5-6,8-10H,2-4,7H2,1H3,(H,15,16)/b14-10-. The Morgan fingerprint density at radius 3 is 3.12 bits per heavy atom. The van der Waals surface area contributed by atoms with Crippen LogP contribution in [0.1, 0.15) is 38.2 Å². The van der Waals surface area contributed by atoms with Crippen LogP contribution in [0.4, 0.5) is 0 Å². The van der Waals surface area contributed by atoms with Crippen LogP contribution in [0.25, 0.3) is 0 Å². The molecule has 0 aliphatic rings. The number of carbonyl (C=O) groups excluding carboxylic acids is 1. The Morgan fingerprint density at radius 1 is 1.56 bits per heavy atom. The topological polar surface area (TPSA) is 54.4 Å². The van der Waals surface area contributed by atoms with Gasteiger partial charge < -0.3 is 0 Å². The van der Waals surface area contributed by atoms with Crippen LogP contribution >= 0.6 is 0 Å². The number of hydrazone groups is 1. The fourth-order valence-corrected chi connectivity index (χ4v) is 1.22. The van der Waals surface area contributed by atoms with Gasteiger partial charge in [-0.2, -0.15) is 5.10 Å². The molecule has 0 bridgehead atoms. The number of aromatic nitrogens is 1. The van der Waals surface area contributed by atoms with Gasteiger partial charge >= 0.3 is 0 Å². The number of nitrogens with zero attached hydrogens (tertiary/aromatic N) is 2. The highest BCUT2D eigenvalue weighted by Gasteiger charge is 1.97. The zero-order valence-electron chi connectivity index (χ0n) is 9.52. The first-order chi connectivity index (χ1) is 7.83. The molecule has 0 radical (unpaired) electrons. The normalized spacial score (nSPS) is 10.6. The summed E-state index contributed by atoms with van der Waals surface area (Å²) in [6.07, 6.45) is 8.63. The minimum atomic E-state index is -0.0337. The molecule has 86 valence electrons. The molecule has 1 aromatic heterocycles. The lowest BCUT2D eigenvalue weighted by Crippen LogP contribution is -2.16. The molecular formula is C12H17N3O. The smallest absolute Gasteiger partial charge is 0.240 e. The first kappa shape index (κ1) is 12.4. The molecular weight excluding hydrogens is 202 g/mol. The number of hydrogen-bond donors (Lipinski definition) is 1. The number of hydrogen-bond acceptors (Lipinski definition) is 3. The van der Waals surface area contributed by atoms with Crippen LogP contribution in [0, 0.1) is 0 Å². The fraction of sp³-hybridized carbons (Fsp3) is 0.417. The molecule has 0 saturated heterocycles. The summed E-state index contributed by atoms with van der Waals surface area (Å²) in [4.78, 5) is 15.2. The molecule has 4 heteroatoms. The summed E-state index contributed by atoms with van der Waals surface area (Å²) in [6, 6.07) is 3.70. The second-order valence-electron chi connectivity index (χ2n) is 3.54. The summed E-state index contributed by atoms with van der Waals surface area (Å²) in [5, 5.41) is 3.86. The average molecular weight is 219 g/mol. The molecule has 0 aliphatic carbocycles. The average Bonchev–Trinajstić information content (AvgIpc) is 2.31. The maximum Gasteiger partial charge on any atom is 0.240 e. The maximum absolute atomic E-state index is 11.3. The number of amides is 1. The van der Waals surface area contributed by atoms with Crippen LogP contribution in [0.5, 0.6) is 0 Å². The molecule has 0 aromatic carbocycles. The van der Waals surface area contributed by atoms with Gasteiger partial charge in [0, 0.05) is 24.4 Å². The SMILES string of the molecule is CCCCCC(=O)N/N=C\c1cccnc1. The van der Waals surface area contributed by atoms with E-state index in [9.17, 15) is 4.79 Å². The molecule has 1 aromatic rings. The minimum absolute atomic E-state index is 0.0337. The predicted octanol–water partition coefficient (Wildman–Crippen LogP) is 2.11. The van der Waals surface area contributed by atoms with Crippen molar-refractivity contribution in [3.05, 3.63) is 30.1 Å². The largest absolute Gasteiger partial charge is 0.273 e. The molecule has 1 N–H and O–H groups in total. The van der Waals surface area contributed by atoms with E-state index in [1.165, 1.54) is 0 Å². The van der Waals surface area contributed by atoms with Gasteiger partial charge in [-0.15, -0.1) is 0 Å². The van der Waals surface area contributed by atoms with Crippen molar-refractivity contribution in [1.82, 2.24) is 10.4 Å². The monoisotopic (exact) mass is 219 g/mol. The zero-order chi connectivity index (χ0) is 11.6. The number of nitrogens with one attached hydrogen (secondary N) is 1. The molecule has 0 spiro atoms. The Bertz CT molecular complexity index is 335. The van der Waals surface area contributed by atoms with Crippen LogP contribution in [0.2, 0.25) is 0 Å². The predicted molar refractivity (Wildman–Crippen MR) is 64.1 cm³/mol. The second-order valence-corrected chi connectivity index (χ2v) is 3.54. The van der Waals surface area contributed by atoms with E-state index >= 15 is 0 Å². The van der Waals surface area contributed by atoms with Crippen molar-refractivity contribution in [2.45, 2.75) is 32.6 Å².